The molecule has 3 N–H and O–H groups in total. The molecule has 0 saturated heterocycles. The summed E-state index contributed by atoms with van der Waals surface area (Å²) in [4.78, 5) is 11.9. The quantitative estimate of drug-likeness (QED) is 0.737. The van der Waals surface area contributed by atoms with Gasteiger partial charge in [-0.05, 0) is 25.1 Å². The minimum atomic E-state index is -0.796. The molecule has 0 aromatic heterocycles. The molecule has 0 aliphatic carbocycles. The minimum absolute atomic E-state index is 0.0635. The summed E-state index contributed by atoms with van der Waals surface area (Å²) in [6.45, 7) is 2.27. The number of aromatic hydroxyl groups is 1. The lowest BCUT2D eigenvalue weighted by Gasteiger charge is -2.12. The molecule has 0 unspecified atom stereocenters. The fourth-order valence-corrected chi connectivity index (χ4v) is 1.92. The summed E-state index contributed by atoms with van der Waals surface area (Å²) >= 11 is 5.69. The van der Waals surface area contributed by atoms with E-state index in [1.807, 2.05) is 6.92 Å². The maximum Gasteiger partial charge on any atom is 0.323 e. The van der Waals surface area contributed by atoms with E-state index in [2.05, 4.69) is 10.6 Å². The maximum absolute atomic E-state index is 13.6. The van der Waals surface area contributed by atoms with Gasteiger partial charge < -0.3 is 20.5 Å². The van der Waals surface area contributed by atoms with Crippen LogP contribution in [-0.2, 0) is 0 Å². The smallest absolute Gasteiger partial charge is 0.323 e. The molecule has 0 radical (unpaired) electrons. The highest BCUT2D eigenvalue weighted by Gasteiger charge is 2.12. The second-order valence-electron chi connectivity index (χ2n) is 4.29. The van der Waals surface area contributed by atoms with Crippen LogP contribution in [0.25, 0.3) is 0 Å². The van der Waals surface area contributed by atoms with Crippen molar-refractivity contribution in [2.24, 2.45) is 0 Å². The molecule has 0 aliphatic heterocycles. The minimum Gasteiger partial charge on any atom is -0.506 e. The standard InChI is InChI=1S/C15H14ClFN2O3/c1-2-22-14-6-4-3-5-11(14)18-15(21)19-12-7-9(16)13(20)8-10(12)17/h3-8,20H,2H2,1H3,(H2,18,19,21). The van der Waals surface area contributed by atoms with Crippen molar-refractivity contribution >= 4 is 29.0 Å². The number of benzene rings is 2. The van der Waals surface area contributed by atoms with Gasteiger partial charge in [0.05, 0.1) is 23.0 Å². The summed E-state index contributed by atoms with van der Waals surface area (Å²) in [5.74, 6) is -0.689. The first-order valence-electron chi connectivity index (χ1n) is 6.49. The van der Waals surface area contributed by atoms with Crippen molar-refractivity contribution in [1.29, 1.82) is 0 Å². The Kier molecular flexibility index (Phi) is 5.06. The first-order chi connectivity index (χ1) is 10.5. The van der Waals surface area contributed by atoms with Crippen LogP contribution in [0.3, 0.4) is 0 Å². The third kappa shape index (κ3) is 3.79. The van der Waals surface area contributed by atoms with Crippen LogP contribution in [-0.4, -0.2) is 17.7 Å². The van der Waals surface area contributed by atoms with Crippen molar-refractivity contribution in [2.75, 3.05) is 17.2 Å². The number of carbonyl (C=O) groups excluding carboxylic acids is 1. The molecule has 2 amide bonds. The van der Waals surface area contributed by atoms with Gasteiger partial charge in [0.2, 0.25) is 0 Å². The van der Waals surface area contributed by atoms with E-state index in [0.717, 1.165) is 12.1 Å². The van der Waals surface area contributed by atoms with Crippen molar-refractivity contribution in [1.82, 2.24) is 0 Å². The number of halogens is 2. The Balaban J connectivity index is 2.12. The maximum atomic E-state index is 13.6. The topological polar surface area (TPSA) is 70.6 Å². The van der Waals surface area contributed by atoms with E-state index in [0.29, 0.717) is 18.0 Å². The number of amides is 2. The highest BCUT2D eigenvalue weighted by Crippen LogP contribution is 2.29. The Morgan fingerprint density at radius 1 is 1.27 bits per heavy atom. The van der Waals surface area contributed by atoms with Crippen LogP contribution in [0.5, 0.6) is 11.5 Å². The van der Waals surface area contributed by atoms with Gasteiger partial charge in [-0.2, -0.15) is 0 Å². The third-order valence-corrected chi connectivity index (χ3v) is 3.02. The predicted octanol–water partition coefficient (Wildman–Crippen LogP) is 4.23. The number of hydrogen-bond acceptors (Lipinski definition) is 3. The Bertz CT molecular complexity index is 694. The van der Waals surface area contributed by atoms with Gasteiger partial charge in [0.25, 0.3) is 0 Å². The molecule has 0 atom stereocenters. The second kappa shape index (κ2) is 7.00. The third-order valence-electron chi connectivity index (χ3n) is 2.72. The van der Waals surface area contributed by atoms with Gasteiger partial charge in [-0.25, -0.2) is 9.18 Å². The number of urea groups is 1. The molecule has 116 valence electrons. The number of anilines is 2. The van der Waals surface area contributed by atoms with Crippen molar-refractivity contribution in [2.45, 2.75) is 6.92 Å². The van der Waals surface area contributed by atoms with Gasteiger partial charge in [0.15, 0.2) is 5.82 Å². The Labute approximate surface area is 131 Å². The second-order valence-corrected chi connectivity index (χ2v) is 4.70. The van der Waals surface area contributed by atoms with Crippen LogP contribution in [0.4, 0.5) is 20.6 Å². The molecular weight excluding hydrogens is 311 g/mol. The number of carbonyl (C=O) groups is 1. The number of nitrogens with one attached hydrogen (secondary N) is 2. The van der Waals surface area contributed by atoms with Crippen LogP contribution in [0.1, 0.15) is 6.92 Å². The van der Waals surface area contributed by atoms with Crippen LogP contribution in [0.2, 0.25) is 5.02 Å². The van der Waals surface area contributed by atoms with Gasteiger partial charge in [-0.3, -0.25) is 0 Å². The summed E-state index contributed by atoms with van der Waals surface area (Å²) in [7, 11) is 0. The van der Waals surface area contributed by atoms with Crippen LogP contribution in [0.15, 0.2) is 36.4 Å². The molecule has 2 aromatic carbocycles. The summed E-state index contributed by atoms with van der Waals surface area (Å²) in [5.41, 5.74) is 0.307. The Hall–Kier alpha value is -2.47. The van der Waals surface area contributed by atoms with Gasteiger partial charge in [0.1, 0.15) is 11.5 Å². The molecule has 2 rings (SSSR count). The number of phenolic OH excluding ortho intramolecular Hbond substituents is 1. The highest BCUT2D eigenvalue weighted by atomic mass is 35.5. The molecule has 0 saturated carbocycles. The number of rotatable bonds is 4. The van der Waals surface area contributed by atoms with E-state index in [1.54, 1.807) is 24.3 Å². The van der Waals surface area contributed by atoms with Crippen molar-refractivity contribution in [3.05, 3.63) is 47.2 Å². The molecule has 5 nitrogen and oxygen atoms in total. The van der Waals surface area contributed by atoms with Gasteiger partial charge in [-0.15, -0.1) is 0 Å². The zero-order chi connectivity index (χ0) is 16.1. The Morgan fingerprint density at radius 2 is 1.95 bits per heavy atom. The van der Waals surface area contributed by atoms with E-state index in [4.69, 9.17) is 16.3 Å². The summed E-state index contributed by atoms with van der Waals surface area (Å²) in [6.07, 6.45) is 0. The van der Waals surface area contributed by atoms with E-state index in [9.17, 15) is 14.3 Å². The fraction of sp³-hybridized carbons (Fsp3) is 0.133. The van der Waals surface area contributed by atoms with Gasteiger partial charge >= 0.3 is 6.03 Å². The molecular formula is C15H14ClFN2O3. The van der Waals surface area contributed by atoms with Crippen molar-refractivity contribution < 1.29 is 19.0 Å². The van der Waals surface area contributed by atoms with E-state index in [-0.39, 0.29) is 10.7 Å². The molecule has 0 bridgehead atoms. The number of phenols is 1. The largest absolute Gasteiger partial charge is 0.506 e. The van der Waals surface area contributed by atoms with E-state index >= 15 is 0 Å². The number of ether oxygens (including phenoxy) is 1. The van der Waals surface area contributed by atoms with Crippen LogP contribution >= 0.6 is 11.6 Å². The molecule has 22 heavy (non-hydrogen) atoms. The number of para-hydroxylation sites is 2. The monoisotopic (exact) mass is 324 g/mol. The molecule has 0 spiro atoms. The summed E-state index contributed by atoms with van der Waals surface area (Å²) < 4.78 is 19.0. The molecule has 7 heteroatoms. The van der Waals surface area contributed by atoms with Crippen molar-refractivity contribution in [3.8, 4) is 11.5 Å². The van der Waals surface area contributed by atoms with E-state index in [1.165, 1.54) is 0 Å². The van der Waals surface area contributed by atoms with Crippen molar-refractivity contribution in [3.63, 3.8) is 0 Å². The van der Waals surface area contributed by atoms with Gasteiger partial charge in [-0.1, -0.05) is 23.7 Å². The van der Waals surface area contributed by atoms with Crippen LogP contribution < -0.4 is 15.4 Å². The molecule has 0 fully saturated rings. The average molecular weight is 325 g/mol. The predicted molar refractivity (Wildman–Crippen MR) is 83.3 cm³/mol. The molecule has 0 heterocycles. The van der Waals surface area contributed by atoms with Gasteiger partial charge in [0, 0.05) is 6.07 Å². The summed E-state index contributed by atoms with van der Waals surface area (Å²) in [6, 6.07) is 8.16. The zero-order valence-corrected chi connectivity index (χ0v) is 12.4. The molecule has 0 aliphatic rings. The SMILES string of the molecule is CCOc1ccccc1NC(=O)Nc1cc(Cl)c(O)cc1F. The normalized spacial score (nSPS) is 10.1. The first-order valence-corrected chi connectivity index (χ1v) is 6.87. The first kappa shape index (κ1) is 15.9. The van der Waals surface area contributed by atoms with E-state index < -0.39 is 17.6 Å². The van der Waals surface area contributed by atoms with Crippen LogP contribution in [0, 0.1) is 5.82 Å². The lowest BCUT2D eigenvalue weighted by molar-refractivity contribution is 0.261. The zero-order valence-electron chi connectivity index (χ0n) is 11.7. The summed E-state index contributed by atoms with van der Waals surface area (Å²) in [5, 5.41) is 14.1. The molecule has 2 aromatic rings. The average Bonchev–Trinajstić information content (AvgIpc) is 2.47. The fourth-order valence-electron chi connectivity index (χ4n) is 1.76. The lowest BCUT2D eigenvalue weighted by atomic mass is 10.3. The number of hydrogen-bond donors (Lipinski definition) is 3. The lowest BCUT2D eigenvalue weighted by Crippen LogP contribution is -2.20. The highest BCUT2D eigenvalue weighted by molar-refractivity contribution is 6.32. The Morgan fingerprint density at radius 3 is 2.68 bits per heavy atom.